The van der Waals surface area contributed by atoms with E-state index in [1.807, 2.05) is 30.3 Å². The van der Waals surface area contributed by atoms with Gasteiger partial charge in [0.25, 0.3) is 0 Å². The van der Waals surface area contributed by atoms with E-state index in [4.69, 9.17) is 4.42 Å². The molecule has 0 bridgehead atoms. The molecular formula is C17H9F3N2O. The highest BCUT2D eigenvalue weighted by atomic mass is 19.4. The molecule has 0 saturated heterocycles. The minimum atomic E-state index is -4.41. The van der Waals surface area contributed by atoms with Crippen LogP contribution in [-0.2, 0) is 6.18 Å². The fourth-order valence-electron chi connectivity index (χ4n) is 2.40. The van der Waals surface area contributed by atoms with Gasteiger partial charge < -0.3 is 4.42 Å². The monoisotopic (exact) mass is 314 g/mol. The van der Waals surface area contributed by atoms with Gasteiger partial charge in [0.05, 0.1) is 16.6 Å². The van der Waals surface area contributed by atoms with Gasteiger partial charge in [-0.05, 0) is 18.2 Å². The highest BCUT2D eigenvalue weighted by Gasteiger charge is 2.30. The number of hydrogen-bond donors (Lipinski definition) is 0. The minimum Gasteiger partial charge on any atom is -0.436 e. The van der Waals surface area contributed by atoms with Crippen LogP contribution in [0, 0.1) is 0 Å². The van der Waals surface area contributed by atoms with Crippen LogP contribution in [0.4, 0.5) is 13.2 Å². The summed E-state index contributed by atoms with van der Waals surface area (Å²) < 4.78 is 44.0. The van der Waals surface area contributed by atoms with Gasteiger partial charge in [-0.25, -0.2) is 9.97 Å². The van der Waals surface area contributed by atoms with E-state index in [-0.39, 0.29) is 5.52 Å². The summed E-state index contributed by atoms with van der Waals surface area (Å²) in [5.41, 5.74) is 1.39. The molecule has 6 heteroatoms. The molecule has 4 rings (SSSR count). The van der Waals surface area contributed by atoms with E-state index in [1.54, 1.807) is 6.07 Å². The highest BCUT2D eigenvalue weighted by molar-refractivity contribution is 5.86. The quantitative estimate of drug-likeness (QED) is 0.493. The largest absolute Gasteiger partial charge is 0.436 e. The summed E-state index contributed by atoms with van der Waals surface area (Å²) >= 11 is 0. The van der Waals surface area contributed by atoms with Gasteiger partial charge in [-0.2, -0.15) is 13.2 Å². The summed E-state index contributed by atoms with van der Waals surface area (Å²) in [5, 5.41) is 0. The SMILES string of the molecule is FC(F)(F)c1ccc2nc3oc(-c4ccccc4)cc3nc2c1. The average Bonchev–Trinajstić information content (AvgIpc) is 2.95. The Morgan fingerprint density at radius 3 is 2.30 bits per heavy atom. The summed E-state index contributed by atoms with van der Waals surface area (Å²) in [7, 11) is 0. The Hall–Kier alpha value is -2.89. The molecule has 23 heavy (non-hydrogen) atoms. The summed E-state index contributed by atoms with van der Waals surface area (Å²) in [6, 6.07) is 14.3. The molecule has 0 N–H and O–H groups in total. The third kappa shape index (κ3) is 2.42. The van der Waals surface area contributed by atoms with Crippen molar-refractivity contribution in [1.29, 1.82) is 0 Å². The van der Waals surface area contributed by atoms with Gasteiger partial charge in [-0.3, -0.25) is 0 Å². The number of furan rings is 1. The molecule has 2 heterocycles. The molecule has 4 aromatic rings. The first-order chi connectivity index (χ1) is 11.0. The van der Waals surface area contributed by atoms with E-state index in [0.717, 1.165) is 17.7 Å². The Bertz CT molecular complexity index is 1010. The molecule has 0 saturated carbocycles. The molecule has 3 nitrogen and oxygen atoms in total. The van der Waals surface area contributed by atoms with E-state index < -0.39 is 11.7 Å². The maximum atomic E-state index is 12.8. The Balaban J connectivity index is 1.90. The number of alkyl halides is 3. The lowest BCUT2D eigenvalue weighted by atomic mass is 10.2. The molecule has 0 aliphatic carbocycles. The smallest absolute Gasteiger partial charge is 0.416 e. The summed E-state index contributed by atoms with van der Waals surface area (Å²) in [6.07, 6.45) is -4.41. The normalized spacial score (nSPS) is 12.1. The number of halogens is 3. The van der Waals surface area contributed by atoms with Gasteiger partial charge in [0.15, 0.2) is 0 Å². The van der Waals surface area contributed by atoms with Crippen molar-refractivity contribution in [3.8, 4) is 11.3 Å². The highest BCUT2D eigenvalue weighted by Crippen LogP contribution is 2.32. The molecule has 0 spiro atoms. The van der Waals surface area contributed by atoms with Gasteiger partial charge in [-0.1, -0.05) is 30.3 Å². The van der Waals surface area contributed by atoms with Crippen LogP contribution in [-0.4, -0.2) is 9.97 Å². The fraction of sp³-hybridized carbons (Fsp3) is 0.0588. The summed E-state index contributed by atoms with van der Waals surface area (Å²) in [6.45, 7) is 0. The lowest BCUT2D eigenvalue weighted by Gasteiger charge is -2.06. The van der Waals surface area contributed by atoms with Crippen molar-refractivity contribution < 1.29 is 17.6 Å². The lowest BCUT2D eigenvalue weighted by Crippen LogP contribution is -2.04. The Labute approximate surface area is 128 Å². The molecular weight excluding hydrogens is 305 g/mol. The number of hydrogen-bond acceptors (Lipinski definition) is 3. The second-order valence-electron chi connectivity index (χ2n) is 5.09. The second kappa shape index (κ2) is 4.81. The molecule has 0 amide bonds. The van der Waals surface area contributed by atoms with E-state index >= 15 is 0 Å². The Kier molecular flexibility index (Phi) is 2.87. The fourth-order valence-corrected chi connectivity index (χ4v) is 2.40. The van der Waals surface area contributed by atoms with Crippen LogP contribution in [0.2, 0.25) is 0 Å². The lowest BCUT2D eigenvalue weighted by molar-refractivity contribution is -0.137. The van der Waals surface area contributed by atoms with Crippen molar-refractivity contribution in [3.63, 3.8) is 0 Å². The Morgan fingerprint density at radius 1 is 0.783 bits per heavy atom. The molecule has 0 fully saturated rings. The second-order valence-corrected chi connectivity index (χ2v) is 5.09. The maximum Gasteiger partial charge on any atom is 0.416 e. The number of benzene rings is 2. The van der Waals surface area contributed by atoms with Crippen molar-refractivity contribution in [2.75, 3.05) is 0 Å². The summed E-state index contributed by atoms with van der Waals surface area (Å²) in [5.74, 6) is 0.576. The third-order valence-electron chi connectivity index (χ3n) is 3.52. The van der Waals surface area contributed by atoms with Crippen LogP contribution < -0.4 is 0 Å². The van der Waals surface area contributed by atoms with Crippen molar-refractivity contribution in [2.24, 2.45) is 0 Å². The third-order valence-corrected chi connectivity index (χ3v) is 3.52. The molecule has 2 aromatic heterocycles. The Morgan fingerprint density at radius 2 is 1.57 bits per heavy atom. The minimum absolute atomic E-state index is 0.188. The van der Waals surface area contributed by atoms with Gasteiger partial charge >= 0.3 is 6.18 Å². The van der Waals surface area contributed by atoms with Crippen molar-refractivity contribution in [1.82, 2.24) is 9.97 Å². The van der Waals surface area contributed by atoms with Crippen molar-refractivity contribution in [2.45, 2.75) is 6.18 Å². The zero-order valence-electron chi connectivity index (χ0n) is 11.6. The van der Waals surface area contributed by atoms with Gasteiger partial charge in [0, 0.05) is 11.6 Å². The average molecular weight is 314 g/mol. The number of nitrogens with zero attached hydrogens (tertiary/aromatic N) is 2. The maximum absolute atomic E-state index is 12.8. The van der Waals surface area contributed by atoms with Crippen LogP contribution in [0.3, 0.4) is 0 Å². The first kappa shape index (κ1) is 13.8. The van der Waals surface area contributed by atoms with Crippen LogP contribution in [0.5, 0.6) is 0 Å². The van der Waals surface area contributed by atoms with E-state index in [9.17, 15) is 13.2 Å². The molecule has 0 aliphatic rings. The first-order valence-electron chi connectivity index (χ1n) is 6.85. The van der Waals surface area contributed by atoms with Crippen molar-refractivity contribution in [3.05, 3.63) is 60.2 Å². The van der Waals surface area contributed by atoms with Gasteiger partial charge in [0.2, 0.25) is 5.71 Å². The van der Waals surface area contributed by atoms with Crippen LogP contribution in [0.1, 0.15) is 5.56 Å². The first-order valence-corrected chi connectivity index (χ1v) is 6.85. The standard InChI is InChI=1S/C17H9F3N2O/c18-17(19,20)11-6-7-12-13(8-11)21-14-9-15(23-16(14)22-12)10-4-2-1-3-5-10/h1-9H. The van der Waals surface area contributed by atoms with Crippen LogP contribution in [0.25, 0.3) is 33.6 Å². The number of fused-ring (bicyclic) bond motifs is 2. The van der Waals surface area contributed by atoms with E-state index in [0.29, 0.717) is 22.5 Å². The topological polar surface area (TPSA) is 38.9 Å². The molecule has 0 radical (unpaired) electrons. The van der Waals surface area contributed by atoms with Crippen molar-refractivity contribution >= 4 is 22.3 Å². The van der Waals surface area contributed by atoms with Crippen LogP contribution >= 0.6 is 0 Å². The predicted molar refractivity (Wildman–Crippen MR) is 79.7 cm³/mol. The zero-order valence-corrected chi connectivity index (χ0v) is 11.6. The van der Waals surface area contributed by atoms with E-state index in [1.165, 1.54) is 6.07 Å². The summed E-state index contributed by atoms with van der Waals surface area (Å²) in [4.78, 5) is 8.49. The van der Waals surface area contributed by atoms with Crippen LogP contribution in [0.15, 0.2) is 59.0 Å². The molecule has 0 aliphatic heterocycles. The van der Waals surface area contributed by atoms with Gasteiger partial charge in [-0.15, -0.1) is 0 Å². The molecule has 0 atom stereocenters. The molecule has 0 unspecified atom stereocenters. The van der Waals surface area contributed by atoms with Gasteiger partial charge in [0.1, 0.15) is 11.3 Å². The molecule has 114 valence electrons. The number of aromatic nitrogens is 2. The zero-order chi connectivity index (χ0) is 16.0. The van der Waals surface area contributed by atoms with E-state index in [2.05, 4.69) is 9.97 Å². The number of rotatable bonds is 1. The molecule has 2 aromatic carbocycles. The predicted octanol–water partition coefficient (Wildman–Crippen LogP) is 5.06.